The maximum atomic E-state index is 11.2. The highest BCUT2D eigenvalue weighted by Crippen LogP contribution is 2.14. The summed E-state index contributed by atoms with van der Waals surface area (Å²) in [6.45, 7) is 1.30. The highest BCUT2D eigenvalue weighted by Gasteiger charge is 2.09. The van der Waals surface area contributed by atoms with Crippen molar-refractivity contribution < 1.29 is 4.79 Å². The van der Waals surface area contributed by atoms with Gasteiger partial charge in [0.15, 0.2) is 5.96 Å². The molecule has 1 rings (SSSR count). The van der Waals surface area contributed by atoms with Gasteiger partial charge in [-0.3, -0.25) is 9.79 Å². The van der Waals surface area contributed by atoms with Crippen LogP contribution in [0, 0.1) is 0 Å². The van der Waals surface area contributed by atoms with Crippen LogP contribution in [0.5, 0.6) is 0 Å². The molecule has 7 heteroatoms. The fourth-order valence-corrected chi connectivity index (χ4v) is 2.41. The van der Waals surface area contributed by atoms with Gasteiger partial charge in [0.25, 0.3) is 0 Å². The lowest BCUT2D eigenvalue weighted by Crippen LogP contribution is -2.40. The minimum Gasteiger partial charge on any atom is -0.359 e. The molecular weight excluding hydrogens is 322 g/mol. The summed E-state index contributed by atoms with van der Waals surface area (Å²) >= 11 is 3.46. The van der Waals surface area contributed by atoms with Gasteiger partial charge in [-0.25, -0.2) is 0 Å². The summed E-state index contributed by atoms with van der Waals surface area (Å²) in [5, 5.41) is 5.77. The molecule has 2 N–H and O–H groups in total. The van der Waals surface area contributed by atoms with E-state index in [-0.39, 0.29) is 5.91 Å². The fraction of sp³-hybridized carbons (Fsp3) is 0.538. The van der Waals surface area contributed by atoms with Crippen LogP contribution >= 0.6 is 15.9 Å². The molecule has 0 fully saturated rings. The molecule has 0 aliphatic carbocycles. The van der Waals surface area contributed by atoms with Crippen LogP contribution in [0.4, 0.5) is 0 Å². The highest BCUT2D eigenvalue weighted by atomic mass is 79.9. The van der Waals surface area contributed by atoms with Gasteiger partial charge >= 0.3 is 0 Å². The molecule has 0 aliphatic heterocycles. The molecule has 0 aromatic carbocycles. The normalized spacial score (nSPS) is 11.3. The molecule has 112 valence electrons. The van der Waals surface area contributed by atoms with E-state index in [9.17, 15) is 4.79 Å². The van der Waals surface area contributed by atoms with Crippen molar-refractivity contribution in [3.63, 3.8) is 0 Å². The quantitative estimate of drug-likeness (QED) is 0.617. The van der Waals surface area contributed by atoms with Crippen molar-refractivity contribution >= 4 is 27.8 Å². The van der Waals surface area contributed by atoms with Gasteiger partial charge in [-0.2, -0.15) is 0 Å². The zero-order chi connectivity index (χ0) is 15.1. The first-order valence-corrected chi connectivity index (χ1v) is 7.20. The number of halogens is 1. The van der Waals surface area contributed by atoms with E-state index in [1.807, 2.05) is 25.2 Å². The maximum Gasteiger partial charge on any atom is 0.221 e. The smallest absolute Gasteiger partial charge is 0.221 e. The zero-order valence-corrected chi connectivity index (χ0v) is 14.0. The van der Waals surface area contributed by atoms with Crippen molar-refractivity contribution in [3.8, 4) is 0 Å². The van der Waals surface area contributed by atoms with Crippen molar-refractivity contribution in [1.29, 1.82) is 0 Å². The molecule has 1 heterocycles. The Morgan fingerprint density at radius 1 is 1.55 bits per heavy atom. The largest absolute Gasteiger partial charge is 0.359 e. The summed E-state index contributed by atoms with van der Waals surface area (Å²) in [5.41, 5.74) is 1.17. The SMILES string of the molecule is CN=C(NCCC(=O)NC)N(C)Cc1cc(Br)cn1C. The lowest BCUT2D eigenvalue weighted by atomic mass is 10.4. The van der Waals surface area contributed by atoms with E-state index in [0.29, 0.717) is 13.0 Å². The fourth-order valence-electron chi connectivity index (χ4n) is 1.84. The van der Waals surface area contributed by atoms with Crippen LogP contribution in [0.3, 0.4) is 0 Å². The predicted molar refractivity (Wildman–Crippen MR) is 84.6 cm³/mol. The molecule has 0 radical (unpaired) electrons. The second kappa shape index (κ2) is 7.94. The molecule has 6 nitrogen and oxygen atoms in total. The van der Waals surface area contributed by atoms with Crippen LogP contribution in [0.25, 0.3) is 0 Å². The summed E-state index contributed by atoms with van der Waals surface area (Å²) in [6, 6.07) is 2.08. The van der Waals surface area contributed by atoms with Gasteiger partial charge in [0.1, 0.15) is 0 Å². The van der Waals surface area contributed by atoms with E-state index in [0.717, 1.165) is 17.0 Å². The molecule has 1 aromatic heterocycles. The molecule has 1 aromatic rings. The third-order valence-corrected chi connectivity index (χ3v) is 3.39. The number of aliphatic imine (C=N–C) groups is 1. The number of hydrogen-bond donors (Lipinski definition) is 2. The lowest BCUT2D eigenvalue weighted by molar-refractivity contribution is -0.120. The highest BCUT2D eigenvalue weighted by molar-refractivity contribution is 9.10. The Morgan fingerprint density at radius 3 is 2.75 bits per heavy atom. The predicted octanol–water partition coefficient (Wildman–Crippen LogP) is 0.931. The van der Waals surface area contributed by atoms with Gasteiger partial charge in [0.2, 0.25) is 5.91 Å². The van der Waals surface area contributed by atoms with Gasteiger partial charge in [0, 0.05) is 57.5 Å². The zero-order valence-electron chi connectivity index (χ0n) is 12.4. The Kier molecular flexibility index (Phi) is 6.57. The van der Waals surface area contributed by atoms with E-state index in [1.54, 1.807) is 14.1 Å². The van der Waals surface area contributed by atoms with Crippen LogP contribution in [-0.4, -0.2) is 49.0 Å². The summed E-state index contributed by atoms with van der Waals surface area (Å²) in [7, 11) is 7.35. The van der Waals surface area contributed by atoms with Gasteiger partial charge in [-0.1, -0.05) is 0 Å². The number of nitrogens with one attached hydrogen (secondary N) is 2. The van der Waals surface area contributed by atoms with E-state index in [4.69, 9.17) is 0 Å². The number of rotatable bonds is 5. The van der Waals surface area contributed by atoms with Crippen molar-refractivity contribution in [1.82, 2.24) is 20.1 Å². The minimum atomic E-state index is 0.0157. The van der Waals surface area contributed by atoms with Crippen LogP contribution < -0.4 is 10.6 Å². The summed E-state index contributed by atoms with van der Waals surface area (Å²) in [4.78, 5) is 17.4. The Morgan fingerprint density at radius 2 is 2.25 bits per heavy atom. The Labute approximate surface area is 128 Å². The number of aromatic nitrogens is 1. The number of hydrogen-bond acceptors (Lipinski definition) is 2. The van der Waals surface area contributed by atoms with Crippen molar-refractivity contribution in [2.75, 3.05) is 27.7 Å². The Hall–Kier alpha value is -1.50. The molecule has 20 heavy (non-hydrogen) atoms. The van der Waals surface area contributed by atoms with Crippen LogP contribution in [0.15, 0.2) is 21.7 Å². The summed E-state index contributed by atoms with van der Waals surface area (Å²) in [5.74, 6) is 0.785. The summed E-state index contributed by atoms with van der Waals surface area (Å²) in [6.07, 6.45) is 2.45. The molecule has 0 aliphatic rings. The number of aryl methyl sites for hydroxylation is 1. The van der Waals surface area contributed by atoms with Crippen LogP contribution in [0.1, 0.15) is 12.1 Å². The monoisotopic (exact) mass is 343 g/mol. The van der Waals surface area contributed by atoms with E-state index < -0.39 is 0 Å². The number of carbonyl (C=O) groups excluding carboxylic acids is 1. The number of nitrogens with zero attached hydrogens (tertiary/aromatic N) is 3. The van der Waals surface area contributed by atoms with Gasteiger partial charge in [0.05, 0.1) is 6.54 Å². The van der Waals surface area contributed by atoms with E-state index in [1.165, 1.54) is 5.69 Å². The first kappa shape index (κ1) is 16.6. The van der Waals surface area contributed by atoms with E-state index >= 15 is 0 Å². The van der Waals surface area contributed by atoms with Gasteiger partial charge < -0.3 is 20.1 Å². The minimum absolute atomic E-state index is 0.0157. The standard InChI is InChI=1S/C13H22BrN5O/c1-15-12(20)5-6-17-13(16-2)19(4)9-11-7-10(14)8-18(11)3/h7-8H,5-6,9H2,1-4H3,(H,15,20)(H,16,17). The van der Waals surface area contributed by atoms with Crippen molar-refractivity contribution in [2.24, 2.45) is 12.0 Å². The molecule has 1 amide bonds. The van der Waals surface area contributed by atoms with Crippen molar-refractivity contribution in [2.45, 2.75) is 13.0 Å². The van der Waals surface area contributed by atoms with Gasteiger partial charge in [-0.15, -0.1) is 0 Å². The molecule has 0 atom stereocenters. The van der Waals surface area contributed by atoms with Crippen LogP contribution in [-0.2, 0) is 18.4 Å². The average Bonchev–Trinajstić information content (AvgIpc) is 2.72. The van der Waals surface area contributed by atoms with E-state index in [2.05, 4.69) is 42.2 Å². The molecule has 0 unspecified atom stereocenters. The number of carbonyl (C=O) groups is 1. The van der Waals surface area contributed by atoms with Gasteiger partial charge in [-0.05, 0) is 22.0 Å². The lowest BCUT2D eigenvalue weighted by Gasteiger charge is -2.22. The maximum absolute atomic E-state index is 11.2. The third-order valence-electron chi connectivity index (χ3n) is 2.96. The topological polar surface area (TPSA) is 61.7 Å². The Bertz CT molecular complexity index is 483. The van der Waals surface area contributed by atoms with Crippen LogP contribution in [0.2, 0.25) is 0 Å². The molecule has 0 saturated heterocycles. The molecule has 0 bridgehead atoms. The van der Waals surface area contributed by atoms with Crippen molar-refractivity contribution in [3.05, 3.63) is 22.4 Å². The third kappa shape index (κ3) is 4.88. The second-order valence-corrected chi connectivity index (χ2v) is 5.43. The number of guanidine groups is 1. The molecular formula is C13H22BrN5O. The number of amides is 1. The first-order chi connectivity index (χ1) is 9.47. The molecule has 0 spiro atoms. The summed E-state index contributed by atoms with van der Waals surface area (Å²) < 4.78 is 3.13. The average molecular weight is 344 g/mol. The second-order valence-electron chi connectivity index (χ2n) is 4.51. The Balaban J connectivity index is 2.53. The molecule has 0 saturated carbocycles. The first-order valence-electron chi connectivity index (χ1n) is 6.41.